The molecule has 2 aromatic carbocycles. The molecule has 2 bridgehead atoms. The maximum Gasteiger partial charge on any atom is 0.313 e. The van der Waals surface area contributed by atoms with Crippen molar-refractivity contribution in [3.05, 3.63) is 97.1 Å². The number of alkyl halides is 1. The minimum atomic E-state index is -1.36. The van der Waals surface area contributed by atoms with Gasteiger partial charge in [-0.25, -0.2) is 0 Å². The lowest BCUT2D eigenvalue weighted by atomic mass is 9.70. The number of hydrogen-bond donors (Lipinski definition) is 2. The maximum atomic E-state index is 14.7. The van der Waals surface area contributed by atoms with E-state index < -0.39 is 66.3 Å². The number of carbonyl (C=O) groups excluding carboxylic acids is 4. The highest BCUT2D eigenvalue weighted by Gasteiger charge is 2.77. The van der Waals surface area contributed by atoms with Crippen molar-refractivity contribution in [1.82, 2.24) is 15.1 Å². The Morgan fingerprint density at radius 3 is 2.44 bits per heavy atom. The topological polar surface area (TPSA) is 135 Å². The largest absolute Gasteiger partial charge is 0.455 e. The van der Waals surface area contributed by atoms with Gasteiger partial charge in [0.05, 0.1) is 43.2 Å². The summed E-state index contributed by atoms with van der Waals surface area (Å²) in [5.41, 5.74) is 0.167. The van der Waals surface area contributed by atoms with E-state index in [0.717, 1.165) is 5.56 Å². The summed E-state index contributed by atoms with van der Waals surface area (Å²) in [5, 5.41) is 13.3. The van der Waals surface area contributed by atoms with E-state index in [1.54, 1.807) is 48.2 Å². The minimum absolute atomic E-state index is 0.0452. The molecule has 9 atom stereocenters. The third-order valence-electron chi connectivity index (χ3n) is 9.85. The molecule has 1 spiro atoms. The first-order chi connectivity index (χ1) is 24.1. The molecule has 5 rings (SSSR count). The van der Waals surface area contributed by atoms with Crippen LogP contribution in [0.5, 0.6) is 0 Å². The summed E-state index contributed by atoms with van der Waals surface area (Å²) < 4.78 is 18.4. The fraction of sp³-hybridized carbons (Fsp3) is 0.474. The van der Waals surface area contributed by atoms with Crippen LogP contribution in [0.15, 0.2) is 86.0 Å². The molecule has 0 aliphatic carbocycles. The molecule has 3 aliphatic rings. The van der Waals surface area contributed by atoms with Crippen molar-refractivity contribution in [1.29, 1.82) is 0 Å². The molecule has 0 radical (unpaired) electrons. The summed E-state index contributed by atoms with van der Waals surface area (Å²) >= 11 is 3.71. The fourth-order valence-electron chi connectivity index (χ4n) is 7.67. The van der Waals surface area contributed by atoms with E-state index in [1.807, 2.05) is 36.4 Å². The monoisotopic (exact) mass is 751 g/mol. The van der Waals surface area contributed by atoms with Gasteiger partial charge < -0.3 is 34.4 Å². The Bertz CT molecular complexity index is 1540. The zero-order chi connectivity index (χ0) is 36.0. The van der Waals surface area contributed by atoms with Crippen LogP contribution in [0.1, 0.15) is 43.4 Å². The Labute approximate surface area is 301 Å². The number of methoxy groups -OCH3 is 1. The van der Waals surface area contributed by atoms with E-state index in [1.165, 1.54) is 12.0 Å². The number of amides is 3. The fourth-order valence-corrected chi connectivity index (χ4v) is 8.61. The zero-order valence-electron chi connectivity index (χ0n) is 28.5. The van der Waals surface area contributed by atoms with Crippen LogP contribution in [0.3, 0.4) is 0 Å². The van der Waals surface area contributed by atoms with Crippen LogP contribution in [0.4, 0.5) is 0 Å². The quantitative estimate of drug-likeness (QED) is 0.142. The van der Waals surface area contributed by atoms with Gasteiger partial charge in [0.1, 0.15) is 17.7 Å². The van der Waals surface area contributed by atoms with Crippen molar-refractivity contribution in [2.75, 3.05) is 26.9 Å². The number of ether oxygens (including phenoxy) is 3. The van der Waals surface area contributed by atoms with Crippen molar-refractivity contribution in [3.8, 4) is 0 Å². The Balaban J connectivity index is 1.50. The molecular weight excluding hydrogens is 706 g/mol. The number of rotatable bonds is 17. The molecule has 3 aliphatic heterocycles. The molecule has 3 fully saturated rings. The number of nitrogens with zero attached hydrogens (tertiary/aromatic N) is 2. The van der Waals surface area contributed by atoms with Crippen molar-refractivity contribution in [2.24, 2.45) is 11.8 Å². The molecule has 0 aromatic heterocycles. The number of likely N-dealkylation sites (tertiary alicyclic amines) is 1. The number of aliphatic hydroxyl groups excluding tert-OH is 1. The molecule has 2 N–H and O–H groups in total. The third kappa shape index (κ3) is 7.30. The summed E-state index contributed by atoms with van der Waals surface area (Å²) in [6, 6.07) is 15.9. The van der Waals surface area contributed by atoms with Crippen molar-refractivity contribution in [3.63, 3.8) is 0 Å². The highest BCUT2D eigenvalue weighted by atomic mass is 79.9. The average Bonchev–Trinajstić information content (AvgIpc) is 3.72. The lowest BCUT2D eigenvalue weighted by molar-refractivity contribution is -0.163. The van der Waals surface area contributed by atoms with Gasteiger partial charge in [0, 0.05) is 31.4 Å². The molecule has 3 saturated heterocycles. The molecule has 1 unspecified atom stereocenters. The molecule has 3 amide bonds. The number of nitrogens with one attached hydrogen (secondary N) is 1. The van der Waals surface area contributed by atoms with Gasteiger partial charge in [0.15, 0.2) is 0 Å². The second-order valence-electron chi connectivity index (χ2n) is 13.2. The Hall–Kier alpha value is -3.84. The number of aliphatic hydroxyl groups is 1. The molecule has 50 heavy (non-hydrogen) atoms. The normalized spacial score (nSPS) is 26.8. The predicted octanol–water partition coefficient (Wildman–Crippen LogP) is 3.71. The molecule has 268 valence electrons. The van der Waals surface area contributed by atoms with Crippen LogP contribution in [0, 0.1) is 11.8 Å². The Morgan fingerprint density at radius 2 is 1.82 bits per heavy atom. The van der Waals surface area contributed by atoms with Gasteiger partial charge in [-0.15, -0.1) is 13.2 Å². The molecule has 2 aromatic rings. The number of fused-ring (bicyclic) bond motifs is 1. The van der Waals surface area contributed by atoms with E-state index in [9.17, 15) is 24.3 Å². The summed E-state index contributed by atoms with van der Waals surface area (Å²) in [6.07, 6.45) is 2.52. The first-order valence-electron chi connectivity index (χ1n) is 16.9. The van der Waals surface area contributed by atoms with E-state index in [2.05, 4.69) is 34.4 Å². The smallest absolute Gasteiger partial charge is 0.313 e. The summed E-state index contributed by atoms with van der Waals surface area (Å²) in [6.45, 7) is 9.34. The molecule has 12 heteroatoms. The summed E-state index contributed by atoms with van der Waals surface area (Å²) in [7, 11) is 1.49. The van der Waals surface area contributed by atoms with E-state index in [4.69, 9.17) is 14.2 Å². The van der Waals surface area contributed by atoms with Gasteiger partial charge in [0.2, 0.25) is 17.7 Å². The van der Waals surface area contributed by atoms with E-state index in [0.29, 0.717) is 18.4 Å². The number of allylic oxidation sites excluding steroid dienone is 1. The van der Waals surface area contributed by atoms with Gasteiger partial charge in [-0.2, -0.15) is 0 Å². The number of benzene rings is 2. The second-order valence-corrected chi connectivity index (χ2v) is 14.3. The maximum absolute atomic E-state index is 14.7. The minimum Gasteiger partial charge on any atom is -0.455 e. The standard InChI is InChI=1S/C38H46BrN3O8/c1-5-7-18-29(44)40-28(23-48-4)32(26-16-12-9-13-17-26)49-37(47)30-31-35(45)42(24(3)22-43)34(38(31)20-27(39)33(30)50-38)36(46)41(19-6-2)21-25-14-10-8-11-15-25/h5-6,8-17,24,27-28,30-34,43H,1-2,7,18-23H2,3-4H3,(H,40,44)/t24-,27?,28+,30-,31+,32+,33-,34-,38+/m1/s1. The summed E-state index contributed by atoms with van der Waals surface area (Å²) in [4.78, 5) is 59.2. The highest BCUT2D eigenvalue weighted by Crippen LogP contribution is 2.61. The van der Waals surface area contributed by atoms with Crippen molar-refractivity contribution < 1.29 is 38.5 Å². The van der Waals surface area contributed by atoms with Crippen LogP contribution in [-0.4, -0.2) is 100 Å². The third-order valence-corrected chi connectivity index (χ3v) is 10.7. The van der Waals surface area contributed by atoms with Crippen LogP contribution in [0.2, 0.25) is 0 Å². The summed E-state index contributed by atoms with van der Waals surface area (Å²) in [5.74, 6) is -3.87. The van der Waals surface area contributed by atoms with E-state index in [-0.39, 0.29) is 42.8 Å². The van der Waals surface area contributed by atoms with Gasteiger partial charge in [0.25, 0.3) is 0 Å². The zero-order valence-corrected chi connectivity index (χ0v) is 30.1. The Kier molecular flexibility index (Phi) is 12.3. The molecular formula is C38H46BrN3O8. The number of esters is 1. The first kappa shape index (κ1) is 37.4. The lowest BCUT2D eigenvalue weighted by Crippen LogP contribution is -2.58. The molecule has 11 nitrogen and oxygen atoms in total. The van der Waals surface area contributed by atoms with Gasteiger partial charge in [-0.05, 0) is 30.9 Å². The SMILES string of the molecule is C=CCCC(=O)N[C@@H](COC)[C@@H](OC(=O)[C@H]1[C@@H]2O[C@@]3(CC2Br)[C@@H]1C(=O)N([C@H](C)CO)[C@@H]3C(=O)N(CC=C)Cc1ccccc1)c1ccccc1. The Morgan fingerprint density at radius 1 is 1.14 bits per heavy atom. The van der Waals surface area contributed by atoms with Gasteiger partial charge >= 0.3 is 5.97 Å². The average molecular weight is 753 g/mol. The van der Waals surface area contributed by atoms with Gasteiger partial charge in [-0.3, -0.25) is 19.2 Å². The number of carbonyl (C=O) groups is 4. The number of hydrogen-bond acceptors (Lipinski definition) is 8. The van der Waals surface area contributed by atoms with E-state index >= 15 is 0 Å². The van der Waals surface area contributed by atoms with Crippen LogP contribution in [0.25, 0.3) is 0 Å². The second kappa shape index (κ2) is 16.5. The van der Waals surface area contributed by atoms with Crippen LogP contribution in [-0.2, 0) is 39.9 Å². The molecule has 0 saturated carbocycles. The lowest BCUT2D eigenvalue weighted by Gasteiger charge is -2.38. The highest BCUT2D eigenvalue weighted by molar-refractivity contribution is 9.09. The first-order valence-corrected chi connectivity index (χ1v) is 17.9. The van der Waals surface area contributed by atoms with Crippen molar-refractivity contribution >= 4 is 39.6 Å². The number of halogens is 1. The van der Waals surface area contributed by atoms with Crippen molar-refractivity contribution in [2.45, 2.75) is 73.5 Å². The van der Waals surface area contributed by atoms with Crippen LogP contribution < -0.4 is 5.32 Å². The predicted molar refractivity (Wildman–Crippen MR) is 190 cm³/mol. The van der Waals surface area contributed by atoms with Crippen LogP contribution >= 0.6 is 15.9 Å². The molecule has 3 heterocycles. The van der Waals surface area contributed by atoms with Gasteiger partial charge in [-0.1, -0.05) is 88.7 Å².